The van der Waals surface area contributed by atoms with Crippen LogP contribution in [0.25, 0.3) is 6.08 Å². The summed E-state index contributed by atoms with van der Waals surface area (Å²) < 4.78 is 37.6. The summed E-state index contributed by atoms with van der Waals surface area (Å²) in [4.78, 5) is 28.1. The van der Waals surface area contributed by atoms with Crippen molar-refractivity contribution in [3.05, 3.63) is 61.7 Å². The Morgan fingerprint density at radius 3 is 2.55 bits per heavy atom. The molecule has 29 heavy (non-hydrogen) atoms. The number of carbonyl (C=O) groups is 1. The van der Waals surface area contributed by atoms with Gasteiger partial charge in [-0.05, 0) is 40.4 Å². The maximum Gasteiger partial charge on any atom is 0.433 e. The quantitative estimate of drug-likeness (QED) is 0.525. The van der Waals surface area contributed by atoms with Gasteiger partial charge in [0.2, 0.25) is 5.91 Å². The van der Waals surface area contributed by atoms with Crippen LogP contribution in [-0.4, -0.2) is 27.4 Å². The van der Waals surface area contributed by atoms with Crippen LogP contribution in [0.3, 0.4) is 0 Å². The van der Waals surface area contributed by atoms with Crippen molar-refractivity contribution in [2.24, 2.45) is 5.18 Å². The Hall–Kier alpha value is -2.65. The van der Waals surface area contributed by atoms with Crippen LogP contribution in [0.1, 0.15) is 22.4 Å². The second-order valence-corrected chi connectivity index (χ2v) is 6.95. The Bertz CT molecular complexity index is 1010. The third-order valence-corrected chi connectivity index (χ3v) is 5.23. The zero-order chi connectivity index (χ0) is 21.3. The topological polar surface area (TPSA) is 82.9 Å². The van der Waals surface area contributed by atoms with E-state index in [4.69, 9.17) is 23.2 Å². The molecule has 0 saturated carbocycles. The molecule has 0 radical (unpaired) electrons. The molecule has 6 nitrogen and oxygen atoms in total. The van der Waals surface area contributed by atoms with Crippen molar-refractivity contribution in [2.45, 2.75) is 19.1 Å². The van der Waals surface area contributed by atoms with E-state index in [1.807, 2.05) is 0 Å². The maximum atomic E-state index is 12.5. The second kappa shape index (κ2) is 8.00. The summed E-state index contributed by atoms with van der Waals surface area (Å²) in [6.07, 6.45) is -0.691. The molecule has 0 atom stereocenters. The number of alkyl halides is 3. The first-order valence-electron chi connectivity index (χ1n) is 8.18. The number of hydrogen-bond acceptors (Lipinski definition) is 5. The first kappa shape index (κ1) is 21.1. The van der Waals surface area contributed by atoms with Crippen molar-refractivity contribution >= 4 is 40.9 Å². The van der Waals surface area contributed by atoms with E-state index in [1.165, 1.54) is 23.1 Å². The first-order valence-corrected chi connectivity index (χ1v) is 8.94. The van der Waals surface area contributed by atoms with Crippen LogP contribution in [0.2, 0.25) is 10.0 Å². The number of benzene rings is 1. The van der Waals surface area contributed by atoms with Crippen LogP contribution in [0.5, 0.6) is 5.75 Å². The van der Waals surface area contributed by atoms with Gasteiger partial charge in [-0.1, -0.05) is 29.3 Å². The molecule has 1 aromatic carbocycles. The molecular formula is C18H12Cl2F3N3O3. The number of halogens is 5. The SMILES string of the molecule is O=Nc1c(O)c(Cl)c2c(c1Cl)CN(C(=O)/C=C/c1ccc(C(F)(F)F)nc1)CC2. The van der Waals surface area contributed by atoms with E-state index in [0.29, 0.717) is 23.1 Å². The van der Waals surface area contributed by atoms with E-state index in [0.717, 1.165) is 12.3 Å². The Morgan fingerprint density at radius 2 is 1.97 bits per heavy atom. The molecule has 0 fully saturated rings. The predicted molar refractivity (Wildman–Crippen MR) is 101 cm³/mol. The molecule has 1 amide bonds. The number of amides is 1. The van der Waals surface area contributed by atoms with Gasteiger partial charge in [-0.15, -0.1) is 4.91 Å². The number of hydrogen-bond donors (Lipinski definition) is 1. The number of rotatable bonds is 3. The highest BCUT2D eigenvalue weighted by Crippen LogP contribution is 2.46. The summed E-state index contributed by atoms with van der Waals surface area (Å²) in [7, 11) is 0. The van der Waals surface area contributed by atoms with Gasteiger partial charge in [0.25, 0.3) is 0 Å². The lowest BCUT2D eigenvalue weighted by atomic mass is 9.98. The Balaban J connectivity index is 1.78. The lowest BCUT2D eigenvalue weighted by Crippen LogP contribution is -2.35. The number of fused-ring (bicyclic) bond motifs is 1. The van der Waals surface area contributed by atoms with E-state index in [9.17, 15) is 28.0 Å². The Morgan fingerprint density at radius 1 is 1.24 bits per heavy atom. The third-order valence-electron chi connectivity index (χ3n) is 4.41. The average Bonchev–Trinajstić information content (AvgIpc) is 2.70. The smallest absolute Gasteiger partial charge is 0.433 e. The lowest BCUT2D eigenvalue weighted by Gasteiger charge is -2.29. The molecule has 3 rings (SSSR count). The first-order chi connectivity index (χ1) is 13.6. The van der Waals surface area contributed by atoms with Crippen molar-refractivity contribution in [3.63, 3.8) is 0 Å². The van der Waals surface area contributed by atoms with Gasteiger partial charge < -0.3 is 10.0 Å². The summed E-state index contributed by atoms with van der Waals surface area (Å²) in [5.41, 5.74) is -0.156. The van der Waals surface area contributed by atoms with Gasteiger partial charge >= 0.3 is 6.18 Å². The molecular weight excluding hydrogens is 434 g/mol. The molecule has 0 spiro atoms. The number of phenols is 1. The Kier molecular flexibility index (Phi) is 5.81. The van der Waals surface area contributed by atoms with Crippen molar-refractivity contribution in [1.82, 2.24) is 9.88 Å². The van der Waals surface area contributed by atoms with Gasteiger partial charge in [-0.3, -0.25) is 9.78 Å². The fourth-order valence-corrected chi connectivity index (χ4v) is 3.51. The second-order valence-electron chi connectivity index (χ2n) is 6.19. The van der Waals surface area contributed by atoms with Crippen molar-refractivity contribution in [3.8, 4) is 5.75 Å². The highest BCUT2D eigenvalue weighted by atomic mass is 35.5. The molecule has 0 bridgehead atoms. The van der Waals surface area contributed by atoms with Crippen LogP contribution >= 0.6 is 23.2 Å². The molecule has 152 valence electrons. The van der Waals surface area contributed by atoms with Crippen molar-refractivity contribution in [1.29, 1.82) is 0 Å². The molecule has 2 aromatic rings. The Labute approximate surface area is 172 Å². The number of nitrogens with zero attached hydrogens (tertiary/aromatic N) is 3. The van der Waals surface area contributed by atoms with Gasteiger partial charge in [-0.25, -0.2) is 0 Å². The summed E-state index contributed by atoms with van der Waals surface area (Å²) in [6.45, 7) is 0.301. The minimum atomic E-state index is -4.54. The molecule has 1 aliphatic rings. The van der Waals surface area contributed by atoms with Gasteiger partial charge in [0.15, 0.2) is 11.4 Å². The average molecular weight is 446 g/mol. The zero-order valence-corrected chi connectivity index (χ0v) is 16.0. The van der Waals surface area contributed by atoms with E-state index < -0.39 is 29.2 Å². The lowest BCUT2D eigenvalue weighted by molar-refractivity contribution is -0.141. The number of carbonyl (C=O) groups excluding carboxylic acids is 1. The molecule has 0 saturated heterocycles. The van der Waals surface area contributed by atoms with E-state index >= 15 is 0 Å². The number of pyridine rings is 1. The standard InChI is InChI=1S/C18H12Cl2F3N3O3/c19-14-11-8-26(6-5-10(11)15(20)17(28)16(14)25-29)13(27)4-2-9-1-3-12(24-7-9)18(21,22)23/h1-4,7,28H,5-6,8H2/b4-2+. The van der Waals surface area contributed by atoms with Crippen LogP contribution in [0.4, 0.5) is 18.9 Å². The van der Waals surface area contributed by atoms with E-state index in [-0.39, 0.29) is 23.1 Å². The fourth-order valence-electron chi connectivity index (χ4n) is 2.92. The fraction of sp³-hybridized carbons (Fsp3) is 0.222. The summed E-state index contributed by atoms with van der Waals surface area (Å²) in [5, 5.41) is 12.5. The number of phenolic OH excluding ortho intramolecular Hbond substituents is 1. The monoisotopic (exact) mass is 445 g/mol. The van der Waals surface area contributed by atoms with Gasteiger partial charge in [0.05, 0.1) is 10.0 Å². The van der Waals surface area contributed by atoms with Crippen LogP contribution in [0, 0.1) is 4.91 Å². The largest absolute Gasteiger partial charge is 0.504 e. The minimum absolute atomic E-state index is 0.0301. The number of aromatic hydroxyl groups is 1. The van der Waals surface area contributed by atoms with Crippen LogP contribution in [-0.2, 0) is 23.9 Å². The number of nitroso groups, excluding NO2 is 1. The van der Waals surface area contributed by atoms with Crippen molar-refractivity contribution in [2.75, 3.05) is 6.54 Å². The predicted octanol–water partition coefficient (Wildman–Crippen LogP) is 5.11. The zero-order valence-electron chi connectivity index (χ0n) is 14.5. The molecule has 1 aromatic heterocycles. The summed E-state index contributed by atoms with van der Waals surface area (Å²) in [5.74, 6) is -0.920. The minimum Gasteiger partial charge on any atom is -0.504 e. The molecule has 11 heteroatoms. The highest BCUT2D eigenvalue weighted by Gasteiger charge is 2.32. The van der Waals surface area contributed by atoms with E-state index in [2.05, 4.69) is 10.2 Å². The number of aromatic nitrogens is 1. The molecule has 1 N–H and O–H groups in total. The van der Waals surface area contributed by atoms with Gasteiger partial charge in [-0.2, -0.15) is 13.2 Å². The maximum absolute atomic E-state index is 12.5. The molecule has 0 unspecified atom stereocenters. The highest BCUT2D eigenvalue weighted by molar-refractivity contribution is 6.37. The molecule has 2 heterocycles. The molecule has 0 aliphatic carbocycles. The normalized spacial score (nSPS) is 14.2. The van der Waals surface area contributed by atoms with E-state index in [1.54, 1.807) is 0 Å². The van der Waals surface area contributed by atoms with Crippen LogP contribution in [0.15, 0.2) is 29.6 Å². The van der Waals surface area contributed by atoms with Gasteiger partial charge in [0, 0.05) is 25.4 Å². The summed E-state index contributed by atoms with van der Waals surface area (Å²) >= 11 is 12.2. The summed E-state index contributed by atoms with van der Waals surface area (Å²) in [6, 6.07) is 2.02. The third kappa shape index (κ3) is 4.20. The van der Waals surface area contributed by atoms with Gasteiger partial charge in [0.1, 0.15) is 5.69 Å². The molecule has 1 aliphatic heterocycles. The van der Waals surface area contributed by atoms with Crippen LogP contribution < -0.4 is 0 Å². The van der Waals surface area contributed by atoms with Crippen molar-refractivity contribution < 1.29 is 23.1 Å².